The molecule has 0 atom stereocenters. The number of nitrogens with zero attached hydrogens (tertiary/aromatic N) is 4. The molecule has 146 valence electrons. The van der Waals surface area contributed by atoms with Gasteiger partial charge in [0.2, 0.25) is 0 Å². The Balaban J connectivity index is 1.34. The largest absolute Gasteiger partial charge is 0.497 e. The van der Waals surface area contributed by atoms with Crippen LogP contribution in [0.15, 0.2) is 60.8 Å². The number of fused-ring (bicyclic) bond motifs is 1. The number of hydrogen-bond donors (Lipinski definition) is 2. The first kappa shape index (κ1) is 18.4. The third-order valence-corrected chi connectivity index (χ3v) is 4.33. The predicted molar refractivity (Wildman–Crippen MR) is 109 cm³/mol. The number of benzene rings is 2. The Morgan fingerprint density at radius 2 is 2.10 bits per heavy atom. The van der Waals surface area contributed by atoms with Crippen LogP contribution in [-0.4, -0.2) is 38.0 Å². The SMILES string of the molecule is COc1ccc2nc(CNC(=O)c3cn(CC=Cc4ccccc4)nn3)[nH]c2c1. The summed E-state index contributed by atoms with van der Waals surface area (Å²) < 4.78 is 6.82. The highest BCUT2D eigenvalue weighted by Crippen LogP contribution is 2.18. The maximum absolute atomic E-state index is 12.3. The maximum atomic E-state index is 12.3. The lowest BCUT2D eigenvalue weighted by atomic mass is 10.2. The van der Waals surface area contributed by atoms with Crippen LogP contribution in [0.4, 0.5) is 0 Å². The van der Waals surface area contributed by atoms with Gasteiger partial charge in [-0.15, -0.1) is 5.10 Å². The molecule has 29 heavy (non-hydrogen) atoms. The van der Waals surface area contributed by atoms with Crippen LogP contribution in [0.1, 0.15) is 21.9 Å². The van der Waals surface area contributed by atoms with Crippen molar-refractivity contribution in [2.45, 2.75) is 13.1 Å². The summed E-state index contributed by atoms with van der Waals surface area (Å²) in [5, 5.41) is 10.7. The molecule has 2 heterocycles. The highest BCUT2D eigenvalue weighted by atomic mass is 16.5. The molecule has 2 aromatic heterocycles. The number of ether oxygens (including phenoxy) is 1. The summed E-state index contributed by atoms with van der Waals surface area (Å²) in [7, 11) is 1.61. The van der Waals surface area contributed by atoms with Crippen molar-refractivity contribution in [1.29, 1.82) is 0 Å². The smallest absolute Gasteiger partial charge is 0.273 e. The number of methoxy groups -OCH3 is 1. The number of imidazole rings is 1. The van der Waals surface area contributed by atoms with Crippen molar-refractivity contribution >= 4 is 23.0 Å². The molecule has 2 N–H and O–H groups in total. The Bertz CT molecular complexity index is 1150. The minimum atomic E-state index is -0.304. The number of aromatic nitrogens is 5. The van der Waals surface area contributed by atoms with Gasteiger partial charge in [0.05, 0.1) is 37.4 Å². The van der Waals surface area contributed by atoms with Crippen molar-refractivity contribution in [3.63, 3.8) is 0 Å². The van der Waals surface area contributed by atoms with Crippen molar-refractivity contribution in [3.8, 4) is 5.75 Å². The fraction of sp³-hybridized carbons (Fsp3) is 0.143. The van der Waals surface area contributed by atoms with E-state index < -0.39 is 0 Å². The molecule has 0 fully saturated rings. The van der Waals surface area contributed by atoms with E-state index in [1.54, 1.807) is 18.0 Å². The number of nitrogens with one attached hydrogen (secondary N) is 2. The predicted octanol–water partition coefficient (Wildman–Crippen LogP) is 2.81. The van der Waals surface area contributed by atoms with E-state index in [0.717, 1.165) is 22.3 Å². The van der Waals surface area contributed by atoms with E-state index in [4.69, 9.17) is 4.74 Å². The summed E-state index contributed by atoms with van der Waals surface area (Å²) in [6.45, 7) is 0.789. The van der Waals surface area contributed by atoms with E-state index in [-0.39, 0.29) is 18.1 Å². The van der Waals surface area contributed by atoms with Gasteiger partial charge in [0.1, 0.15) is 11.6 Å². The van der Waals surface area contributed by atoms with Crippen molar-refractivity contribution in [2.75, 3.05) is 7.11 Å². The molecule has 8 nitrogen and oxygen atoms in total. The lowest BCUT2D eigenvalue weighted by Gasteiger charge is -1.99. The molecule has 0 unspecified atom stereocenters. The maximum Gasteiger partial charge on any atom is 0.273 e. The van der Waals surface area contributed by atoms with Crippen LogP contribution in [-0.2, 0) is 13.1 Å². The summed E-state index contributed by atoms with van der Waals surface area (Å²) in [6, 6.07) is 15.5. The van der Waals surface area contributed by atoms with Gasteiger partial charge in [0, 0.05) is 6.07 Å². The summed E-state index contributed by atoms with van der Waals surface area (Å²) in [4.78, 5) is 20.0. The summed E-state index contributed by atoms with van der Waals surface area (Å²) in [5.74, 6) is 1.09. The van der Waals surface area contributed by atoms with Crippen LogP contribution in [0.3, 0.4) is 0 Å². The molecule has 0 bridgehead atoms. The van der Waals surface area contributed by atoms with Gasteiger partial charge in [0.25, 0.3) is 5.91 Å². The van der Waals surface area contributed by atoms with Crippen molar-refractivity contribution in [2.24, 2.45) is 0 Å². The Morgan fingerprint density at radius 1 is 1.24 bits per heavy atom. The van der Waals surface area contributed by atoms with Gasteiger partial charge in [0.15, 0.2) is 5.69 Å². The molecule has 4 aromatic rings. The second-order valence-corrected chi connectivity index (χ2v) is 6.39. The summed E-state index contributed by atoms with van der Waals surface area (Å²) in [5.41, 5.74) is 3.03. The quantitative estimate of drug-likeness (QED) is 0.507. The third-order valence-electron chi connectivity index (χ3n) is 4.33. The zero-order valence-corrected chi connectivity index (χ0v) is 15.9. The number of H-pyrrole nitrogens is 1. The molecule has 0 spiro atoms. The molecule has 0 aliphatic heterocycles. The van der Waals surface area contributed by atoms with Gasteiger partial charge in [-0.1, -0.05) is 47.7 Å². The summed E-state index contributed by atoms with van der Waals surface area (Å²) >= 11 is 0. The van der Waals surface area contributed by atoms with Crippen LogP contribution in [0.25, 0.3) is 17.1 Å². The highest BCUT2D eigenvalue weighted by molar-refractivity contribution is 5.91. The van der Waals surface area contributed by atoms with Crippen LogP contribution >= 0.6 is 0 Å². The zero-order valence-electron chi connectivity index (χ0n) is 15.9. The van der Waals surface area contributed by atoms with Crippen LogP contribution in [0.5, 0.6) is 5.75 Å². The number of rotatable bonds is 7. The van der Waals surface area contributed by atoms with Crippen LogP contribution < -0.4 is 10.1 Å². The monoisotopic (exact) mass is 388 g/mol. The Morgan fingerprint density at radius 3 is 2.93 bits per heavy atom. The van der Waals surface area contributed by atoms with Crippen LogP contribution in [0.2, 0.25) is 0 Å². The standard InChI is InChI=1S/C21H20N6O2/c1-29-16-9-10-17-18(12-16)24-20(23-17)13-22-21(28)19-14-27(26-25-19)11-5-8-15-6-3-2-4-7-15/h2-10,12,14H,11,13H2,1H3,(H,22,28)(H,23,24). The highest BCUT2D eigenvalue weighted by Gasteiger charge is 2.11. The van der Waals surface area contributed by atoms with Gasteiger partial charge in [-0.3, -0.25) is 4.79 Å². The van der Waals surface area contributed by atoms with E-state index in [9.17, 15) is 4.79 Å². The molecule has 0 saturated carbocycles. The number of carbonyl (C=O) groups is 1. The van der Waals surface area contributed by atoms with E-state index in [0.29, 0.717) is 12.4 Å². The zero-order chi connectivity index (χ0) is 20.1. The van der Waals surface area contributed by atoms with E-state index in [2.05, 4.69) is 25.6 Å². The Kier molecular flexibility index (Phi) is 5.33. The average molecular weight is 388 g/mol. The Hall–Kier alpha value is -3.94. The number of hydrogen-bond acceptors (Lipinski definition) is 5. The average Bonchev–Trinajstić information content (AvgIpc) is 3.39. The number of amides is 1. The van der Waals surface area contributed by atoms with E-state index in [1.807, 2.05) is 60.7 Å². The molecular weight excluding hydrogens is 368 g/mol. The topological polar surface area (TPSA) is 97.7 Å². The first-order valence-electron chi connectivity index (χ1n) is 9.14. The molecule has 0 saturated heterocycles. The fourth-order valence-electron chi connectivity index (χ4n) is 2.86. The van der Waals surface area contributed by atoms with Crippen molar-refractivity contribution in [1.82, 2.24) is 30.3 Å². The Labute approximate surface area is 167 Å². The minimum absolute atomic E-state index is 0.260. The van der Waals surface area contributed by atoms with E-state index in [1.165, 1.54) is 0 Å². The number of carbonyl (C=O) groups excluding carboxylic acids is 1. The van der Waals surface area contributed by atoms with Gasteiger partial charge in [-0.05, 0) is 17.7 Å². The van der Waals surface area contributed by atoms with Crippen molar-refractivity contribution < 1.29 is 9.53 Å². The molecule has 1 amide bonds. The normalized spacial score (nSPS) is 11.2. The van der Waals surface area contributed by atoms with Gasteiger partial charge >= 0.3 is 0 Å². The fourth-order valence-corrected chi connectivity index (χ4v) is 2.86. The molecule has 2 aromatic carbocycles. The molecule has 0 aliphatic carbocycles. The molecule has 0 radical (unpaired) electrons. The summed E-state index contributed by atoms with van der Waals surface area (Å²) in [6.07, 6.45) is 5.58. The number of aromatic amines is 1. The lowest BCUT2D eigenvalue weighted by molar-refractivity contribution is 0.0945. The third kappa shape index (κ3) is 4.49. The molecular formula is C21H20N6O2. The molecule has 0 aliphatic rings. The van der Waals surface area contributed by atoms with Crippen molar-refractivity contribution in [3.05, 3.63) is 77.9 Å². The second-order valence-electron chi connectivity index (χ2n) is 6.39. The van der Waals surface area contributed by atoms with Gasteiger partial charge < -0.3 is 15.0 Å². The van der Waals surface area contributed by atoms with E-state index >= 15 is 0 Å². The molecule has 8 heteroatoms. The second kappa shape index (κ2) is 8.39. The van der Waals surface area contributed by atoms with Gasteiger partial charge in [-0.2, -0.15) is 0 Å². The number of allylic oxidation sites excluding steroid dienone is 1. The minimum Gasteiger partial charge on any atom is -0.497 e. The first-order chi connectivity index (χ1) is 14.2. The van der Waals surface area contributed by atoms with Gasteiger partial charge in [-0.25, -0.2) is 9.67 Å². The molecule has 4 rings (SSSR count). The van der Waals surface area contributed by atoms with Crippen LogP contribution in [0, 0.1) is 0 Å². The lowest BCUT2D eigenvalue weighted by Crippen LogP contribution is -2.23. The first-order valence-corrected chi connectivity index (χ1v) is 9.14.